The molecule has 0 aliphatic rings. The largest absolute Gasteiger partial charge is 1.00 e. The maximum absolute atomic E-state index is 12.8. The second-order valence-corrected chi connectivity index (χ2v) is 13.9. The van der Waals surface area contributed by atoms with E-state index in [-0.39, 0.29) is 36.6 Å². The first-order valence-electron chi connectivity index (χ1n) is 17.0. The Morgan fingerprint density at radius 3 is 1.14 bits per heavy atom. The van der Waals surface area contributed by atoms with Crippen LogP contribution in [0, 0.1) is 0 Å². The number of anilines is 2. The Balaban J connectivity index is 0.00000433. The van der Waals surface area contributed by atoms with Crippen LogP contribution in [0.15, 0.2) is 107 Å². The number of nitrogens with zero attached hydrogens (tertiary/aromatic N) is 4. The second-order valence-electron chi connectivity index (χ2n) is 13.9. The topological polar surface area (TPSA) is 82.9 Å². The summed E-state index contributed by atoms with van der Waals surface area (Å²) in [6.45, 7) is 8.57. The van der Waals surface area contributed by atoms with Crippen LogP contribution < -0.4 is 35.4 Å². The number of hydrogen-bond donors (Lipinski definition) is 2. The molecule has 268 valence electrons. The fourth-order valence-corrected chi connectivity index (χ4v) is 5.59. The fourth-order valence-electron chi connectivity index (χ4n) is 5.59. The lowest BCUT2D eigenvalue weighted by molar-refractivity contribution is -0.903. The highest BCUT2D eigenvalue weighted by Crippen LogP contribution is 2.23. The van der Waals surface area contributed by atoms with Gasteiger partial charge in [0.25, 0.3) is 11.8 Å². The summed E-state index contributed by atoms with van der Waals surface area (Å²) in [4.78, 5) is 25.7. The monoisotopic (exact) mass is 718 g/mol. The number of carbonyl (C=O) groups is 2. The number of rotatable bonds is 16. The molecule has 4 rings (SSSR count). The zero-order chi connectivity index (χ0) is 34.6. The Hall–Kier alpha value is -4.08. The molecular formula is C40H52Cl2N6O2. The SMILES string of the molecule is CCCC[N+](C)(C)Cc1ccc(C(=O)Nc2ccc(N=Nc3ccc(NC(=O)c4ccc(C[N+](C)(C)CCCC)cc4)cc3)cc2)cc1.[Cl-].[Cl-]. The molecule has 0 saturated heterocycles. The summed E-state index contributed by atoms with van der Waals surface area (Å²) < 4.78 is 1.86. The minimum atomic E-state index is -0.152. The molecule has 0 atom stereocenters. The van der Waals surface area contributed by atoms with Crippen LogP contribution in [0.3, 0.4) is 0 Å². The molecule has 4 aromatic rings. The van der Waals surface area contributed by atoms with Gasteiger partial charge in [-0.2, -0.15) is 10.2 Å². The van der Waals surface area contributed by atoms with Crippen molar-refractivity contribution < 1.29 is 43.4 Å². The minimum absolute atomic E-state index is 0. The average Bonchev–Trinajstić information content (AvgIpc) is 3.07. The van der Waals surface area contributed by atoms with Gasteiger partial charge in [-0.15, -0.1) is 0 Å². The quantitative estimate of drug-likeness (QED) is 0.138. The number of halogens is 2. The van der Waals surface area contributed by atoms with Crippen LogP contribution >= 0.6 is 0 Å². The summed E-state index contributed by atoms with van der Waals surface area (Å²) in [6, 6.07) is 30.2. The van der Waals surface area contributed by atoms with E-state index in [4.69, 9.17) is 0 Å². The zero-order valence-corrected chi connectivity index (χ0v) is 31.8. The molecule has 0 unspecified atom stereocenters. The van der Waals surface area contributed by atoms with Gasteiger partial charge in [0.2, 0.25) is 0 Å². The summed E-state index contributed by atoms with van der Waals surface area (Å²) in [7, 11) is 8.98. The molecule has 2 amide bonds. The molecule has 4 aromatic carbocycles. The molecule has 0 aliphatic carbocycles. The van der Waals surface area contributed by atoms with Crippen molar-refractivity contribution >= 4 is 34.6 Å². The van der Waals surface area contributed by atoms with Gasteiger partial charge in [-0.3, -0.25) is 9.59 Å². The van der Waals surface area contributed by atoms with Gasteiger partial charge in [-0.25, -0.2) is 0 Å². The smallest absolute Gasteiger partial charge is 0.255 e. The van der Waals surface area contributed by atoms with Crippen molar-refractivity contribution in [2.24, 2.45) is 10.2 Å². The highest BCUT2D eigenvalue weighted by atomic mass is 35.5. The van der Waals surface area contributed by atoms with Crippen LogP contribution in [0.2, 0.25) is 0 Å². The van der Waals surface area contributed by atoms with Crippen molar-refractivity contribution in [3.8, 4) is 0 Å². The predicted molar refractivity (Wildman–Crippen MR) is 197 cm³/mol. The van der Waals surface area contributed by atoms with Gasteiger partial charge < -0.3 is 44.4 Å². The van der Waals surface area contributed by atoms with E-state index >= 15 is 0 Å². The van der Waals surface area contributed by atoms with Crippen LogP contribution in [0.25, 0.3) is 0 Å². The highest BCUT2D eigenvalue weighted by Gasteiger charge is 2.17. The normalized spacial score (nSPS) is 11.4. The molecule has 0 spiro atoms. The van der Waals surface area contributed by atoms with E-state index < -0.39 is 0 Å². The zero-order valence-electron chi connectivity index (χ0n) is 30.3. The number of quaternary nitrogens is 2. The van der Waals surface area contributed by atoms with E-state index in [1.54, 1.807) is 0 Å². The summed E-state index contributed by atoms with van der Waals surface area (Å²) >= 11 is 0. The molecular weight excluding hydrogens is 667 g/mol. The lowest BCUT2D eigenvalue weighted by Gasteiger charge is -2.29. The lowest BCUT2D eigenvalue weighted by Crippen LogP contribution is -3.00. The van der Waals surface area contributed by atoms with E-state index in [9.17, 15) is 9.59 Å². The summed E-state index contributed by atoms with van der Waals surface area (Å²) in [5, 5.41) is 14.6. The van der Waals surface area contributed by atoms with Crippen LogP contribution in [0.5, 0.6) is 0 Å². The molecule has 8 nitrogen and oxygen atoms in total. The Morgan fingerprint density at radius 2 is 0.840 bits per heavy atom. The Kier molecular flexibility index (Phi) is 16.8. The van der Waals surface area contributed by atoms with Crippen molar-refractivity contribution in [1.82, 2.24) is 0 Å². The van der Waals surface area contributed by atoms with Crippen LogP contribution in [-0.4, -0.2) is 62.1 Å². The first kappa shape index (κ1) is 42.1. The molecule has 0 aliphatic heterocycles. The first-order chi connectivity index (χ1) is 22.9. The van der Waals surface area contributed by atoms with Gasteiger partial charge in [0.05, 0.1) is 52.7 Å². The Labute approximate surface area is 311 Å². The van der Waals surface area contributed by atoms with E-state index in [1.807, 2.05) is 97.1 Å². The minimum Gasteiger partial charge on any atom is -1.00 e. The van der Waals surface area contributed by atoms with E-state index in [0.29, 0.717) is 33.9 Å². The van der Waals surface area contributed by atoms with E-state index in [0.717, 1.165) is 35.1 Å². The van der Waals surface area contributed by atoms with Crippen LogP contribution in [0.4, 0.5) is 22.7 Å². The fraction of sp³-hybridized carbons (Fsp3) is 0.350. The van der Waals surface area contributed by atoms with E-state index in [1.165, 1.54) is 36.8 Å². The number of unbranched alkanes of at least 4 members (excludes halogenated alkanes) is 2. The molecule has 10 heteroatoms. The van der Waals surface area contributed by atoms with Gasteiger partial charge in [-0.05, 0) is 85.6 Å². The molecule has 0 aromatic heterocycles. The van der Waals surface area contributed by atoms with Gasteiger partial charge in [-0.1, -0.05) is 51.0 Å². The summed E-state index contributed by atoms with van der Waals surface area (Å²) in [5.74, 6) is -0.304. The first-order valence-corrected chi connectivity index (χ1v) is 17.0. The summed E-state index contributed by atoms with van der Waals surface area (Å²) in [5.41, 5.74) is 6.38. The number of hydrogen-bond acceptors (Lipinski definition) is 4. The maximum atomic E-state index is 12.8. The Bertz CT molecular complexity index is 1530. The highest BCUT2D eigenvalue weighted by molar-refractivity contribution is 6.05. The number of nitrogens with one attached hydrogen (secondary N) is 2. The lowest BCUT2D eigenvalue weighted by atomic mass is 10.1. The Morgan fingerprint density at radius 1 is 0.520 bits per heavy atom. The summed E-state index contributed by atoms with van der Waals surface area (Å²) in [6.07, 6.45) is 4.79. The van der Waals surface area contributed by atoms with Crippen molar-refractivity contribution in [1.29, 1.82) is 0 Å². The molecule has 0 saturated carbocycles. The number of benzene rings is 4. The number of carbonyl (C=O) groups excluding carboxylic acids is 2. The number of amides is 2. The average molecular weight is 720 g/mol. The van der Waals surface area contributed by atoms with Gasteiger partial charge in [0, 0.05) is 33.6 Å². The molecule has 50 heavy (non-hydrogen) atoms. The van der Waals surface area contributed by atoms with Crippen LogP contribution in [0.1, 0.15) is 71.4 Å². The maximum Gasteiger partial charge on any atom is 0.255 e. The van der Waals surface area contributed by atoms with Crippen molar-refractivity contribution in [3.63, 3.8) is 0 Å². The third-order valence-corrected chi connectivity index (χ3v) is 8.42. The van der Waals surface area contributed by atoms with Gasteiger partial charge in [0.1, 0.15) is 13.1 Å². The third kappa shape index (κ3) is 13.7. The van der Waals surface area contributed by atoms with Crippen molar-refractivity contribution in [3.05, 3.63) is 119 Å². The molecule has 0 heterocycles. The molecule has 2 N–H and O–H groups in total. The van der Waals surface area contributed by atoms with E-state index in [2.05, 4.69) is 62.9 Å². The third-order valence-electron chi connectivity index (χ3n) is 8.42. The van der Waals surface area contributed by atoms with Gasteiger partial charge in [0.15, 0.2) is 0 Å². The number of azo groups is 1. The molecule has 0 fully saturated rings. The van der Waals surface area contributed by atoms with Crippen molar-refractivity contribution in [2.45, 2.75) is 52.6 Å². The molecule has 0 radical (unpaired) electrons. The van der Waals surface area contributed by atoms with Crippen molar-refractivity contribution in [2.75, 3.05) is 51.9 Å². The predicted octanol–water partition coefficient (Wildman–Crippen LogP) is 3.37. The standard InChI is InChI=1S/C40H50N6O2.2ClH/c1-7-9-27-45(3,4)29-31-11-15-33(16-12-31)39(47)41-35-19-23-37(24-20-35)43-44-38-25-21-36(22-26-38)42-40(48)34-17-13-32(14-18-34)30-46(5,6)28-10-8-2;;/h11-26H,7-10,27-30H2,1-6H3;2*1H. The molecule has 0 bridgehead atoms. The van der Waals surface area contributed by atoms with Gasteiger partial charge >= 0.3 is 0 Å². The van der Waals surface area contributed by atoms with Crippen LogP contribution in [-0.2, 0) is 13.1 Å². The second kappa shape index (κ2) is 19.9.